The highest BCUT2D eigenvalue weighted by atomic mass is 16.5. The third-order valence-corrected chi connectivity index (χ3v) is 5.13. The molecule has 3 rings (SSSR count). The Hall–Kier alpha value is -2.37. The number of rotatable bonds is 7. The minimum absolute atomic E-state index is 0.162. The van der Waals surface area contributed by atoms with Crippen molar-refractivity contribution in [3.63, 3.8) is 0 Å². The number of alkyl carbamates (subject to hydrolysis) is 1. The van der Waals surface area contributed by atoms with Crippen LogP contribution in [0.15, 0.2) is 60.7 Å². The number of nitrogens with zero attached hydrogens (tertiary/aromatic N) is 2. The van der Waals surface area contributed by atoms with E-state index in [1.165, 1.54) is 5.56 Å². The van der Waals surface area contributed by atoms with Gasteiger partial charge in [-0.3, -0.25) is 4.90 Å². The van der Waals surface area contributed by atoms with Gasteiger partial charge in [-0.05, 0) is 17.7 Å². The summed E-state index contributed by atoms with van der Waals surface area (Å²) >= 11 is 0. The number of benzene rings is 2. The highest BCUT2D eigenvalue weighted by Crippen LogP contribution is 2.21. The molecule has 1 aliphatic heterocycles. The maximum Gasteiger partial charge on any atom is 0.407 e. The zero-order chi connectivity index (χ0) is 18.9. The summed E-state index contributed by atoms with van der Waals surface area (Å²) in [7, 11) is 0. The largest absolute Gasteiger partial charge is 0.445 e. The van der Waals surface area contributed by atoms with E-state index < -0.39 is 0 Å². The lowest BCUT2D eigenvalue weighted by Crippen LogP contribution is -2.49. The van der Waals surface area contributed by atoms with Gasteiger partial charge in [0.25, 0.3) is 0 Å². The van der Waals surface area contributed by atoms with Crippen LogP contribution in [0.1, 0.15) is 24.1 Å². The fourth-order valence-electron chi connectivity index (χ4n) is 3.48. The van der Waals surface area contributed by atoms with Crippen LogP contribution in [-0.2, 0) is 11.3 Å². The van der Waals surface area contributed by atoms with Crippen molar-refractivity contribution in [2.45, 2.75) is 19.6 Å². The van der Waals surface area contributed by atoms with E-state index in [-0.39, 0.29) is 18.7 Å². The van der Waals surface area contributed by atoms with Gasteiger partial charge in [0, 0.05) is 32.7 Å². The van der Waals surface area contributed by atoms with Gasteiger partial charge in [0.2, 0.25) is 0 Å². The fourth-order valence-corrected chi connectivity index (χ4v) is 3.48. The van der Waals surface area contributed by atoms with Crippen molar-refractivity contribution in [2.24, 2.45) is 0 Å². The van der Waals surface area contributed by atoms with Crippen molar-refractivity contribution >= 4 is 6.09 Å². The predicted molar refractivity (Wildman–Crippen MR) is 107 cm³/mol. The number of hydrogen-bond donors (Lipinski definition) is 1. The van der Waals surface area contributed by atoms with E-state index in [2.05, 4.69) is 46.3 Å². The minimum atomic E-state index is -0.369. The fraction of sp³-hybridized carbons (Fsp3) is 0.409. The number of likely N-dealkylation sites (N-methyl/N-ethyl adjacent to an activating group) is 1. The molecule has 1 atom stereocenters. The number of ether oxygens (including phenoxy) is 1. The maximum atomic E-state index is 12.2. The molecule has 0 spiro atoms. The van der Waals surface area contributed by atoms with E-state index in [4.69, 9.17) is 4.74 Å². The smallest absolute Gasteiger partial charge is 0.407 e. The summed E-state index contributed by atoms with van der Waals surface area (Å²) in [4.78, 5) is 17.1. The first kappa shape index (κ1) is 19.4. The normalized spacial score (nSPS) is 16.6. The Morgan fingerprint density at radius 1 is 1.00 bits per heavy atom. The van der Waals surface area contributed by atoms with Crippen molar-refractivity contribution in [2.75, 3.05) is 39.3 Å². The first-order valence-electron chi connectivity index (χ1n) is 9.72. The summed E-state index contributed by atoms with van der Waals surface area (Å²) < 4.78 is 5.36. The Morgan fingerprint density at radius 2 is 1.63 bits per heavy atom. The Labute approximate surface area is 161 Å². The monoisotopic (exact) mass is 367 g/mol. The number of carbonyl (C=O) groups is 1. The van der Waals surface area contributed by atoms with Gasteiger partial charge in [0.05, 0.1) is 6.04 Å². The number of nitrogens with one attached hydrogen (secondary N) is 1. The van der Waals surface area contributed by atoms with Crippen LogP contribution < -0.4 is 5.32 Å². The molecular weight excluding hydrogens is 338 g/mol. The molecule has 1 amide bonds. The Balaban J connectivity index is 1.56. The average molecular weight is 367 g/mol. The van der Waals surface area contributed by atoms with Crippen molar-refractivity contribution in [3.05, 3.63) is 71.8 Å². The molecule has 0 saturated carbocycles. The van der Waals surface area contributed by atoms with Gasteiger partial charge in [0.15, 0.2) is 0 Å². The number of piperazine rings is 1. The highest BCUT2D eigenvalue weighted by molar-refractivity contribution is 5.67. The van der Waals surface area contributed by atoms with Crippen LogP contribution in [-0.4, -0.2) is 55.2 Å². The van der Waals surface area contributed by atoms with Gasteiger partial charge >= 0.3 is 6.09 Å². The predicted octanol–water partition coefficient (Wildman–Crippen LogP) is 3.29. The lowest BCUT2D eigenvalue weighted by atomic mass is 10.0. The molecule has 0 aromatic heterocycles. The van der Waals surface area contributed by atoms with Crippen LogP contribution in [0.25, 0.3) is 0 Å². The molecule has 1 heterocycles. The van der Waals surface area contributed by atoms with E-state index >= 15 is 0 Å². The minimum Gasteiger partial charge on any atom is -0.445 e. The van der Waals surface area contributed by atoms with Crippen LogP contribution in [0.3, 0.4) is 0 Å². The second kappa shape index (κ2) is 10.1. The lowest BCUT2D eigenvalue weighted by molar-refractivity contribution is 0.0938. The lowest BCUT2D eigenvalue weighted by Gasteiger charge is -2.39. The van der Waals surface area contributed by atoms with E-state index in [1.807, 2.05) is 36.4 Å². The summed E-state index contributed by atoms with van der Waals surface area (Å²) in [5, 5.41) is 2.96. The Bertz CT molecular complexity index is 685. The summed E-state index contributed by atoms with van der Waals surface area (Å²) in [6.07, 6.45) is -0.369. The molecule has 2 aromatic carbocycles. The van der Waals surface area contributed by atoms with Gasteiger partial charge in [-0.15, -0.1) is 0 Å². The first-order chi connectivity index (χ1) is 13.3. The topological polar surface area (TPSA) is 44.8 Å². The molecule has 27 heavy (non-hydrogen) atoms. The maximum absolute atomic E-state index is 12.2. The Morgan fingerprint density at radius 3 is 2.26 bits per heavy atom. The van der Waals surface area contributed by atoms with Crippen LogP contribution in [0.5, 0.6) is 0 Å². The second-order valence-corrected chi connectivity index (χ2v) is 6.84. The molecule has 0 aliphatic carbocycles. The molecule has 1 saturated heterocycles. The molecule has 0 bridgehead atoms. The molecule has 0 radical (unpaired) electrons. The third kappa shape index (κ3) is 5.81. The number of hydrogen-bond acceptors (Lipinski definition) is 4. The Kier molecular flexibility index (Phi) is 7.25. The standard InChI is InChI=1S/C22H29N3O2/c1-2-24-13-15-25(16-14-24)21(20-11-7-4-8-12-20)17-23-22(26)27-18-19-9-5-3-6-10-19/h3-12,21H,2,13-18H2,1H3,(H,23,26). The van der Waals surface area contributed by atoms with Gasteiger partial charge < -0.3 is 15.0 Å². The molecule has 2 aromatic rings. The average Bonchev–Trinajstić information content (AvgIpc) is 2.74. The van der Waals surface area contributed by atoms with E-state index in [0.29, 0.717) is 6.54 Å². The molecule has 5 heteroatoms. The van der Waals surface area contributed by atoms with Crippen LogP contribution >= 0.6 is 0 Å². The second-order valence-electron chi connectivity index (χ2n) is 6.84. The van der Waals surface area contributed by atoms with Crippen molar-refractivity contribution in [3.8, 4) is 0 Å². The third-order valence-electron chi connectivity index (χ3n) is 5.13. The van der Waals surface area contributed by atoms with Gasteiger partial charge in [-0.25, -0.2) is 4.79 Å². The number of amides is 1. The van der Waals surface area contributed by atoms with Crippen LogP contribution in [0.4, 0.5) is 4.79 Å². The summed E-state index contributed by atoms with van der Waals surface area (Å²) in [6.45, 7) is 8.28. The molecule has 144 valence electrons. The van der Waals surface area contributed by atoms with E-state index in [0.717, 1.165) is 38.3 Å². The van der Waals surface area contributed by atoms with Gasteiger partial charge in [0.1, 0.15) is 6.61 Å². The molecule has 1 aliphatic rings. The van der Waals surface area contributed by atoms with Gasteiger partial charge in [-0.2, -0.15) is 0 Å². The highest BCUT2D eigenvalue weighted by Gasteiger charge is 2.25. The molecule has 5 nitrogen and oxygen atoms in total. The van der Waals surface area contributed by atoms with Crippen LogP contribution in [0, 0.1) is 0 Å². The first-order valence-corrected chi connectivity index (χ1v) is 9.72. The van der Waals surface area contributed by atoms with Crippen molar-refractivity contribution < 1.29 is 9.53 Å². The summed E-state index contributed by atoms with van der Waals surface area (Å²) in [5.74, 6) is 0. The molecule has 1 fully saturated rings. The zero-order valence-corrected chi connectivity index (χ0v) is 16.0. The van der Waals surface area contributed by atoms with E-state index in [9.17, 15) is 4.79 Å². The molecular formula is C22H29N3O2. The number of carbonyl (C=O) groups excluding carboxylic acids is 1. The summed E-state index contributed by atoms with van der Waals surface area (Å²) in [6, 6.07) is 20.3. The van der Waals surface area contributed by atoms with Gasteiger partial charge in [-0.1, -0.05) is 67.6 Å². The van der Waals surface area contributed by atoms with Crippen LogP contribution in [0.2, 0.25) is 0 Å². The quantitative estimate of drug-likeness (QED) is 0.816. The molecule has 1 N–H and O–H groups in total. The zero-order valence-electron chi connectivity index (χ0n) is 16.0. The van der Waals surface area contributed by atoms with Crippen molar-refractivity contribution in [1.29, 1.82) is 0 Å². The SMILES string of the molecule is CCN1CCN(C(CNC(=O)OCc2ccccc2)c2ccccc2)CC1. The van der Waals surface area contributed by atoms with Crippen molar-refractivity contribution in [1.82, 2.24) is 15.1 Å². The summed E-state index contributed by atoms with van der Waals surface area (Å²) in [5.41, 5.74) is 2.22. The van der Waals surface area contributed by atoms with E-state index in [1.54, 1.807) is 0 Å². The molecule has 1 unspecified atom stereocenters.